The second-order valence-electron chi connectivity index (χ2n) is 2.45. The van der Waals surface area contributed by atoms with Crippen LogP contribution in [0, 0.1) is 6.92 Å². The molecule has 0 radical (unpaired) electrons. The largest absolute Gasteiger partial charge is 0.138 e. The normalized spacial score (nSPS) is 10.7. The van der Waals surface area contributed by atoms with Crippen molar-refractivity contribution in [2.24, 2.45) is 0 Å². The van der Waals surface area contributed by atoms with E-state index in [9.17, 15) is 0 Å². The summed E-state index contributed by atoms with van der Waals surface area (Å²) < 4.78 is 0. The summed E-state index contributed by atoms with van der Waals surface area (Å²) in [7, 11) is 0. The predicted octanol–water partition coefficient (Wildman–Crippen LogP) is 3.33. The highest BCUT2D eigenvalue weighted by molar-refractivity contribution is 8.01. The van der Waals surface area contributed by atoms with Gasteiger partial charge in [-0.05, 0) is 30.2 Å². The third-order valence-electron chi connectivity index (χ3n) is 1.47. The standard InChI is InChI=1S/C10H12S/c1-9-3-5-10(6-4-9)7-8-11-2/h3-8H,1-2H3. The minimum absolute atomic E-state index is 1.27. The molecule has 1 heteroatoms. The Bertz CT molecular complexity index is 234. The monoisotopic (exact) mass is 164 g/mol. The van der Waals surface area contributed by atoms with Crippen molar-refractivity contribution in [1.29, 1.82) is 0 Å². The fourth-order valence-corrected chi connectivity index (χ4v) is 1.12. The van der Waals surface area contributed by atoms with Crippen molar-refractivity contribution in [3.63, 3.8) is 0 Å². The zero-order valence-electron chi connectivity index (χ0n) is 6.87. The first-order chi connectivity index (χ1) is 5.33. The van der Waals surface area contributed by atoms with Crippen LogP contribution < -0.4 is 0 Å². The molecule has 0 fully saturated rings. The van der Waals surface area contributed by atoms with Crippen LogP contribution in [0.25, 0.3) is 6.08 Å². The van der Waals surface area contributed by atoms with Gasteiger partial charge >= 0.3 is 0 Å². The summed E-state index contributed by atoms with van der Waals surface area (Å²) in [6, 6.07) is 8.50. The molecule has 0 atom stereocenters. The first-order valence-corrected chi connectivity index (χ1v) is 4.88. The zero-order chi connectivity index (χ0) is 8.10. The molecule has 58 valence electrons. The van der Waals surface area contributed by atoms with E-state index in [1.54, 1.807) is 11.8 Å². The molecule has 0 heterocycles. The van der Waals surface area contributed by atoms with Gasteiger partial charge in [0, 0.05) is 0 Å². The van der Waals surface area contributed by atoms with E-state index in [4.69, 9.17) is 0 Å². The first-order valence-electron chi connectivity index (χ1n) is 3.59. The minimum Gasteiger partial charge on any atom is -0.138 e. The molecule has 0 bridgehead atoms. The molecule has 1 aromatic rings. The first kappa shape index (κ1) is 8.41. The quantitative estimate of drug-likeness (QED) is 0.646. The van der Waals surface area contributed by atoms with Crippen LogP contribution in [0.3, 0.4) is 0 Å². The molecular weight excluding hydrogens is 152 g/mol. The molecule has 1 rings (SSSR count). The number of aryl methyl sites for hydroxylation is 1. The topological polar surface area (TPSA) is 0 Å². The second-order valence-corrected chi connectivity index (χ2v) is 3.19. The number of hydrogen-bond donors (Lipinski definition) is 0. The summed E-state index contributed by atoms with van der Waals surface area (Å²) in [6.07, 6.45) is 4.18. The molecule has 0 spiro atoms. The third kappa shape index (κ3) is 2.81. The lowest BCUT2D eigenvalue weighted by Crippen LogP contribution is -1.72. The summed E-state index contributed by atoms with van der Waals surface area (Å²) in [5.74, 6) is 0. The average Bonchev–Trinajstić information content (AvgIpc) is 2.04. The molecule has 0 saturated heterocycles. The lowest BCUT2D eigenvalue weighted by Gasteiger charge is -1.93. The minimum atomic E-state index is 1.27. The van der Waals surface area contributed by atoms with Gasteiger partial charge in [-0.1, -0.05) is 29.8 Å². The Labute approximate surface area is 72.3 Å². The number of thioether (sulfide) groups is 1. The molecule has 0 aromatic heterocycles. The molecule has 0 saturated carbocycles. The van der Waals surface area contributed by atoms with Crippen molar-refractivity contribution in [2.45, 2.75) is 6.92 Å². The predicted molar refractivity (Wildman–Crippen MR) is 53.7 cm³/mol. The van der Waals surface area contributed by atoms with E-state index >= 15 is 0 Å². The van der Waals surface area contributed by atoms with Crippen LogP contribution in [0.2, 0.25) is 0 Å². The summed E-state index contributed by atoms with van der Waals surface area (Å²) in [5, 5.41) is 2.09. The Morgan fingerprint density at radius 2 is 1.82 bits per heavy atom. The Morgan fingerprint density at radius 1 is 1.18 bits per heavy atom. The lowest BCUT2D eigenvalue weighted by atomic mass is 10.2. The molecule has 0 aliphatic carbocycles. The van der Waals surface area contributed by atoms with Gasteiger partial charge in [0.2, 0.25) is 0 Å². The smallest absolute Gasteiger partial charge is 0.0142 e. The Hall–Kier alpha value is -0.690. The highest BCUT2D eigenvalue weighted by atomic mass is 32.2. The summed E-state index contributed by atoms with van der Waals surface area (Å²) in [4.78, 5) is 0. The van der Waals surface area contributed by atoms with Crippen LogP contribution in [0.4, 0.5) is 0 Å². The van der Waals surface area contributed by atoms with Crippen molar-refractivity contribution in [1.82, 2.24) is 0 Å². The van der Waals surface area contributed by atoms with Crippen LogP contribution in [-0.2, 0) is 0 Å². The van der Waals surface area contributed by atoms with E-state index in [1.165, 1.54) is 11.1 Å². The second kappa shape index (κ2) is 4.24. The third-order valence-corrected chi connectivity index (χ3v) is 1.88. The van der Waals surface area contributed by atoms with Crippen molar-refractivity contribution < 1.29 is 0 Å². The highest BCUT2D eigenvalue weighted by Crippen LogP contribution is 2.07. The Morgan fingerprint density at radius 3 is 2.36 bits per heavy atom. The SMILES string of the molecule is CSC=Cc1ccc(C)cc1. The summed E-state index contributed by atoms with van der Waals surface area (Å²) in [6.45, 7) is 2.10. The highest BCUT2D eigenvalue weighted by Gasteiger charge is 1.84. The van der Waals surface area contributed by atoms with Crippen molar-refractivity contribution in [3.05, 3.63) is 40.8 Å². The zero-order valence-corrected chi connectivity index (χ0v) is 7.69. The Balaban J connectivity index is 2.73. The van der Waals surface area contributed by atoms with Gasteiger partial charge in [0.15, 0.2) is 0 Å². The molecule has 0 N–H and O–H groups in total. The molecule has 0 nitrogen and oxygen atoms in total. The molecule has 11 heavy (non-hydrogen) atoms. The van der Waals surface area contributed by atoms with Gasteiger partial charge in [-0.3, -0.25) is 0 Å². The molecule has 1 aromatic carbocycles. The Kier molecular flexibility index (Phi) is 3.24. The number of benzene rings is 1. The maximum Gasteiger partial charge on any atom is -0.0142 e. The maximum absolute atomic E-state index is 2.13. The van der Waals surface area contributed by atoms with Crippen LogP contribution in [0.1, 0.15) is 11.1 Å². The van der Waals surface area contributed by atoms with Crippen LogP contribution >= 0.6 is 11.8 Å². The molecule has 0 aliphatic heterocycles. The van der Waals surface area contributed by atoms with Gasteiger partial charge in [-0.25, -0.2) is 0 Å². The van der Waals surface area contributed by atoms with E-state index in [1.807, 2.05) is 0 Å². The summed E-state index contributed by atoms with van der Waals surface area (Å²) >= 11 is 1.72. The van der Waals surface area contributed by atoms with E-state index in [0.29, 0.717) is 0 Å². The number of hydrogen-bond acceptors (Lipinski definition) is 1. The number of rotatable bonds is 2. The lowest BCUT2D eigenvalue weighted by molar-refractivity contribution is 1.46. The van der Waals surface area contributed by atoms with E-state index in [2.05, 4.69) is 48.9 Å². The average molecular weight is 164 g/mol. The van der Waals surface area contributed by atoms with E-state index in [-0.39, 0.29) is 0 Å². The van der Waals surface area contributed by atoms with Gasteiger partial charge in [-0.15, -0.1) is 11.8 Å². The fourth-order valence-electron chi connectivity index (χ4n) is 0.824. The maximum atomic E-state index is 2.13. The fraction of sp³-hybridized carbons (Fsp3) is 0.200. The van der Waals surface area contributed by atoms with E-state index in [0.717, 1.165) is 0 Å². The van der Waals surface area contributed by atoms with Gasteiger partial charge in [0.1, 0.15) is 0 Å². The van der Waals surface area contributed by atoms with Crippen molar-refractivity contribution in [2.75, 3.05) is 6.26 Å². The van der Waals surface area contributed by atoms with Gasteiger partial charge < -0.3 is 0 Å². The molecule has 0 unspecified atom stereocenters. The van der Waals surface area contributed by atoms with Crippen LogP contribution in [0.15, 0.2) is 29.7 Å². The van der Waals surface area contributed by atoms with Crippen molar-refractivity contribution >= 4 is 17.8 Å². The van der Waals surface area contributed by atoms with Gasteiger partial charge in [0.05, 0.1) is 0 Å². The molecular formula is C10H12S. The summed E-state index contributed by atoms with van der Waals surface area (Å²) in [5.41, 5.74) is 2.58. The van der Waals surface area contributed by atoms with Crippen LogP contribution in [0.5, 0.6) is 0 Å². The molecule has 0 aliphatic rings. The van der Waals surface area contributed by atoms with Crippen LogP contribution in [-0.4, -0.2) is 6.26 Å². The van der Waals surface area contributed by atoms with E-state index < -0.39 is 0 Å². The van der Waals surface area contributed by atoms with Gasteiger partial charge in [-0.2, -0.15) is 0 Å². The van der Waals surface area contributed by atoms with Crippen molar-refractivity contribution in [3.8, 4) is 0 Å². The molecule has 0 amide bonds. The van der Waals surface area contributed by atoms with Gasteiger partial charge in [0.25, 0.3) is 0 Å².